The van der Waals surface area contributed by atoms with Gasteiger partial charge in [-0.1, -0.05) is 18.2 Å². The Hall–Kier alpha value is -2.06. The van der Waals surface area contributed by atoms with E-state index in [0.717, 1.165) is 18.2 Å². The van der Waals surface area contributed by atoms with Crippen LogP contribution in [0.3, 0.4) is 0 Å². The Balaban J connectivity index is 0.000000896. The van der Waals surface area contributed by atoms with Crippen LogP contribution in [0.1, 0.15) is 24.0 Å². The maximum atomic E-state index is 12.7. The van der Waals surface area contributed by atoms with Crippen molar-refractivity contribution in [3.63, 3.8) is 0 Å². The summed E-state index contributed by atoms with van der Waals surface area (Å²) in [6, 6.07) is 5.46. The van der Waals surface area contributed by atoms with Crippen molar-refractivity contribution in [3.8, 4) is 0 Å². The highest BCUT2D eigenvalue weighted by Gasteiger charge is 2.30. The molecule has 9 heteroatoms. The molecule has 0 heterocycles. The molecule has 0 spiro atoms. The molecule has 1 aromatic rings. The second-order valence-corrected chi connectivity index (χ2v) is 5.83. The Labute approximate surface area is 154 Å². The van der Waals surface area contributed by atoms with E-state index in [9.17, 15) is 13.2 Å². The van der Waals surface area contributed by atoms with Gasteiger partial charge in [-0.2, -0.15) is 13.2 Å². The van der Waals surface area contributed by atoms with Crippen LogP contribution in [0, 0.1) is 0 Å². The zero-order valence-corrected chi connectivity index (χ0v) is 15.1. The number of alkyl halides is 4. The van der Waals surface area contributed by atoms with Crippen LogP contribution >= 0.6 is 11.6 Å². The normalized spacial score (nSPS) is 11.7. The van der Waals surface area contributed by atoms with Gasteiger partial charge in [0.05, 0.1) is 5.56 Å². The minimum Gasteiger partial charge on any atom is -0.473 e. The first kappa shape index (κ1) is 23.9. The molecule has 2 N–H and O–H groups in total. The number of rotatable bonds is 6. The highest BCUT2D eigenvalue weighted by atomic mass is 35.5. The molecule has 0 aromatic heterocycles. The van der Waals surface area contributed by atoms with Crippen LogP contribution in [-0.4, -0.2) is 53.6 Å². The van der Waals surface area contributed by atoms with Crippen molar-refractivity contribution in [2.45, 2.75) is 19.0 Å². The van der Waals surface area contributed by atoms with E-state index in [4.69, 9.17) is 31.4 Å². The third-order valence-corrected chi connectivity index (χ3v) is 3.29. The van der Waals surface area contributed by atoms with Crippen LogP contribution in [0.25, 0.3) is 5.57 Å². The molecule has 0 atom stereocenters. The van der Waals surface area contributed by atoms with Gasteiger partial charge in [0, 0.05) is 12.4 Å². The number of halogens is 4. The first-order chi connectivity index (χ1) is 12.0. The van der Waals surface area contributed by atoms with E-state index in [1.807, 2.05) is 25.1 Å². The summed E-state index contributed by atoms with van der Waals surface area (Å²) in [5.74, 6) is -3.19. The fourth-order valence-electron chi connectivity index (χ4n) is 1.83. The number of benzene rings is 1. The monoisotopic (exact) mass is 395 g/mol. The van der Waals surface area contributed by atoms with Crippen LogP contribution < -0.4 is 0 Å². The molecule has 0 aliphatic rings. The fraction of sp³-hybridized carbons (Fsp3) is 0.412. The molecular formula is C17H21ClF3NO4. The average molecular weight is 396 g/mol. The number of carbonyl (C=O) groups is 2. The SMILES string of the molecule is CN(C)CCC(=CCCCl)c1cccc(C(F)(F)F)c1.O=C(O)C(=O)O. The van der Waals surface area contributed by atoms with Crippen molar-refractivity contribution in [2.75, 3.05) is 26.5 Å². The van der Waals surface area contributed by atoms with E-state index in [1.165, 1.54) is 12.1 Å². The molecule has 5 nitrogen and oxygen atoms in total. The van der Waals surface area contributed by atoms with Gasteiger partial charge in [-0.25, -0.2) is 9.59 Å². The smallest absolute Gasteiger partial charge is 0.416 e. The van der Waals surface area contributed by atoms with Crippen molar-refractivity contribution in [3.05, 3.63) is 41.5 Å². The van der Waals surface area contributed by atoms with Gasteiger partial charge in [0.2, 0.25) is 0 Å². The summed E-state index contributed by atoms with van der Waals surface area (Å²) in [6.45, 7) is 0.782. The number of aliphatic carboxylic acids is 2. The van der Waals surface area contributed by atoms with E-state index in [1.54, 1.807) is 6.07 Å². The van der Waals surface area contributed by atoms with Gasteiger partial charge in [0.25, 0.3) is 0 Å². The van der Waals surface area contributed by atoms with E-state index in [0.29, 0.717) is 24.3 Å². The van der Waals surface area contributed by atoms with Gasteiger partial charge >= 0.3 is 18.1 Å². The highest BCUT2D eigenvalue weighted by molar-refractivity contribution is 6.27. The molecule has 0 unspecified atom stereocenters. The molecule has 1 aromatic carbocycles. The predicted octanol–water partition coefficient (Wildman–Crippen LogP) is 3.83. The van der Waals surface area contributed by atoms with Gasteiger partial charge in [-0.15, -0.1) is 11.6 Å². The highest BCUT2D eigenvalue weighted by Crippen LogP contribution is 2.31. The summed E-state index contributed by atoms with van der Waals surface area (Å²) in [5.41, 5.74) is 0.911. The Kier molecular flexibility index (Phi) is 10.6. The average Bonchev–Trinajstić information content (AvgIpc) is 2.54. The lowest BCUT2D eigenvalue weighted by Crippen LogP contribution is -2.13. The summed E-state index contributed by atoms with van der Waals surface area (Å²) in [7, 11) is 3.87. The summed E-state index contributed by atoms with van der Waals surface area (Å²) >= 11 is 5.66. The van der Waals surface area contributed by atoms with Crippen molar-refractivity contribution >= 4 is 29.1 Å². The first-order valence-corrected chi connectivity index (χ1v) is 8.06. The van der Waals surface area contributed by atoms with Crippen LogP contribution in [0.15, 0.2) is 30.3 Å². The molecule has 0 bridgehead atoms. The fourth-order valence-corrected chi connectivity index (χ4v) is 1.94. The van der Waals surface area contributed by atoms with Crippen LogP contribution in [0.4, 0.5) is 13.2 Å². The van der Waals surface area contributed by atoms with E-state index < -0.39 is 23.7 Å². The molecule has 0 aliphatic heterocycles. The Morgan fingerprint density at radius 3 is 2.19 bits per heavy atom. The number of nitrogens with zero attached hydrogens (tertiary/aromatic N) is 1. The second kappa shape index (κ2) is 11.5. The van der Waals surface area contributed by atoms with Crippen molar-refractivity contribution in [1.82, 2.24) is 4.90 Å². The van der Waals surface area contributed by atoms with Crippen molar-refractivity contribution in [2.24, 2.45) is 0 Å². The minimum absolute atomic E-state index is 0.463. The maximum Gasteiger partial charge on any atom is 0.416 e. The minimum atomic E-state index is -4.31. The van der Waals surface area contributed by atoms with Gasteiger partial charge in [0.1, 0.15) is 0 Å². The lowest BCUT2D eigenvalue weighted by molar-refractivity contribution is -0.159. The van der Waals surface area contributed by atoms with Crippen LogP contribution in [0.2, 0.25) is 0 Å². The molecule has 1 rings (SSSR count). The number of carboxylic acid groups (broad SMARTS) is 2. The zero-order chi connectivity index (χ0) is 20.3. The lowest BCUT2D eigenvalue weighted by atomic mass is 9.99. The molecule has 0 radical (unpaired) electrons. The molecule has 0 saturated carbocycles. The molecule has 146 valence electrons. The standard InChI is InChI=1S/C15H19ClF3N.C2H2O4/c1-20(2)10-8-12(6-4-9-16)13-5-3-7-14(11-13)15(17,18)19;3-1(4)2(5)6/h3,5-7,11H,4,8-10H2,1-2H3;(H,3,4)(H,5,6). The molecule has 0 amide bonds. The Bertz CT molecular complexity index is 619. The van der Waals surface area contributed by atoms with Crippen molar-refractivity contribution in [1.29, 1.82) is 0 Å². The number of allylic oxidation sites excluding steroid dienone is 1. The molecule has 0 saturated heterocycles. The van der Waals surface area contributed by atoms with Crippen molar-refractivity contribution < 1.29 is 33.0 Å². The number of hydrogen-bond donors (Lipinski definition) is 2. The molecule has 0 aliphatic carbocycles. The second-order valence-electron chi connectivity index (χ2n) is 5.45. The Morgan fingerprint density at radius 1 is 1.19 bits per heavy atom. The van der Waals surface area contributed by atoms with E-state index in [-0.39, 0.29) is 0 Å². The van der Waals surface area contributed by atoms with Gasteiger partial charge in [-0.3, -0.25) is 0 Å². The van der Waals surface area contributed by atoms with Crippen LogP contribution in [-0.2, 0) is 15.8 Å². The quantitative estimate of drug-likeness (QED) is 0.565. The molecule has 26 heavy (non-hydrogen) atoms. The molecule has 0 fully saturated rings. The zero-order valence-electron chi connectivity index (χ0n) is 14.4. The molecular weight excluding hydrogens is 375 g/mol. The topological polar surface area (TPSA) is 77.8 Å². The predicted molar refractivity (Wildman–Crippen MR) is 93.2 cm³/mol. The van der Waals surface area contributed by atoms with Crippen LogP contribution in [0.5, 0.6) is 0 Å². The number of carboxylic acids is 2. The summed E-state index contributed by atoms with van der Waals surface area (Å²) < 4.78 is 38.2. The Morgan fingerprint density at radius 2 is 1.77 bits per heavy atom. The third-order valence-electron chi connectivity index (χ3n) is 3.07. The van der Waals surface area contributed by atoms with E-state index >= 15 is 0 Å². The van der Waals surface area contributed by atoms with Gasteiger partial charge in [-0.05, 0) is 50.2 Å². The largest absolute Gasteiger partial charge is 0.473 e. The van der Waals surface area contributed by atoms with Gasteiger partial charge < -0.3 is 15.1 Å². The number of hydrogen-bond acceptors (Lipinski definition) is 3. The van der Waals surface area contributed by atoms with Gasteiger partial charge in [0.15, 0.2) is 0 Å². The summed E-state index contributed by atoms with van der Waals surface area (Å²) in [5, 5.41) is 14.8. The third kappa shape index (κ3) is 10.0. The lowest BCUT2D eigenvalue weighted by Gasteiger charge is -2.14. The maximum absolute atomic E-state index is 12.7. The summed E-state index contributed by atoms with van der Waals surface area (Å²) in [6.07, 6.45) is -1.03. The summed E-state index contributed by atoms with van der Waals surface area (Å²) in [4.78, 5) is 20.2. The first-order valence-electron chi connectivity index (χ1n) is 7.52. The van der Waals surface area contributed by atoms with E-state index in [2.05, 4.69) is 0 Å².